The smallest absolute Gasteiger partial charge is 0.228 e. The van der Waals surface area contributed by atoms with Crippen molar-refractivity contribution in [2.75, 3.05) is 25.0 Å². The molecule has 1 heterocycles. The Bertz CT molecular complexity index is 585. The van der Waals surface area contributed by atoms with Crippen molar-refractivity contribution in [2.45, 2.75) is 19.3 Å². The van der Waals surface area contributed by atoms with E-state index in [2.05, 4.69) is 22.4 Å². The van der Waals surface area contributed by atoms with Crippen LogP contribution in [-0.4, -0.2) is 30.4 Å². The molecular weight excluding hydrogens is 264 g/mol. The van der Waals surface area contributed by atoms with Crippen LogP contribution in [0.3, 0.4) is 0 Å². The minimum atomic E-state index is -0.0795. The summed E-state index contributed by atoms with van der Waals surface area (Å²) in [5, 5.41) is 20.5. The number of para-hydroxylation sites is 1. The second-order valence-electron chi connectivity index (χ2n) is 5.19. The molecule has 0 aromatic heterocycles. The van der Waals surface area contributed by atoms with Crippen molar-refractivity contribution in [2.24, 2.45) is 5.92 Å². The molecule has 0 saturated carbocycles. The molecule has 5 nitrogen and oxygen atoms in total. The Labute approximate surface area is 124 Å². The highest BCUT2D eigenvalue weighted by molar-refractivity contribution is 5.94. The summed E-state index contributed by atoms with van der Waals surface area (Å²) in [7, 11) is 0. The molecule has 21 heavy (non-hydrogen) atoms. The van der Waals surface area contributed by atoms with Gasteiger partial charge in [0, 0.05) is 19.5 Å². The fraction of sp³-hybridized carbons (Fsp3) is 0.438. The SMILES string of the molecule is N#CCCN1CCCC(C(=O)Nc2ccccc2C#N)C1. The minimum absolute atomic E-state index is 0.0423. The molecule has 1 aliphatic rings. The van der Waals surface area contributed by atoms with E-state index in [1.807, 2.05) is 0 Å². The number of likely N-dealkylation sites (tertiary alicyclic amines) is 1. The molecule has 1 atom stereocenters. The maximum absolute atomic E-state index is 12.3. The van der Waals surface area contributed by atoms with E-state index < -0.39 is 0 Å². The van der Waals surface area contributed by atoms with E-state index in [4.69, 9.17) is 10.5 Å². The fourth-order valence-electron chi connectivity index (χ4n) is 2.61. The zero-order chi connectivity index (χ0) is 15.1. The van der Waals surface area contributed by atoms with Gasteiger partial charge in [-0.05, 0) is 31.5 Å². The number of hydrogen-bond donors (Lipinski definition) is 1. The van der Waals surface area contributed by atoms with Gasteiger partial charge in [0.25, 0.3) is 0 Å². The first-order valence-electron chi connectivity index (χ1n) is 7.14. The van der Waals surface area contributed by atoms with Crippen LogP contribution in [0.25, 0.3) is 0 Å². The number of carbonyl (C=O) groups is 1. The topological polar surface area (TPSA) is 79.9 Å². The minimum Gasteiger partial charge on any atom is -0.325 e. The van der Waals surface area contributed by atoms with Crippen LogP contribution in [0.1, 0.15) is 24.8 Å². The van der Waals surface area contributed by atoms with Gasteiger partial charge in [0.05, 0.1) is 23.2 Å². The van der Waals surface area contributed by atoms with Gasteiger partial charge in [-0.15, -0.1) is 0 Å². The number of hydrogen-bond acceptors (Lipinski definition) is 4. The summed E-state index contributed by atoms with van der Waals surface area (Å²) in [6.45, 7) is 2.34. The van der Waals surface area contributed by atoms with Crippen molar-refractivity contribution in [1.82, 2.24) is 4.90 Å². The van der Waals surface area contributed by atoms with Gasteiger partial charge < -0.3 is 10.2 Å². The third-order valence-electron chi connectivity index (χ3n) is 3.72. The van der Waals surface area contributed by atoms with Crippen molar-refractivity contribution >= 4 is 11.6 Å². The lowest BCUT2D eigenvalue weighted by atomic mass is 9.96. The van der Waals surface area contributed by atoms with Gasteiger partial charge in [-0.3, -0.25) is 4.79 Å². The number of benzene rings is 1. The van der Waals surface area contributed by atoms with Crippen LogP contribution in [-0.2, 0) is 4.79 Å². The molecule has 0 aliphatic carbocycles. The van der Waals surface area contributed by atoms with Crippen LogP contribution in [0, 0.1) is 28.6 Å². The number of nitrogens with one attached hydrogen (secondary N) is 1. The maximum Gasteiger partial charge on any atom is 0.228 e. The zero-order valence-corrected chi connectivity index (χ0v) is 11.9. The van der Waals surface area contributed by atoms with Gasteiger partial charge >= 0.3 is 0 Å². The quantitative estimate of drug-likeness (QED) is 0.917. The Kier molecular flexibility index (Phi) is 5.31. The molecule has 0 radical (unpaired) electrons. The lowest BCUT2D eigenvalue weighted by Crippen LogP contribution is -2.41. The Morgan fingerprint density at radius 2 is 2.19 bits per heavy atom. The number of nitrogens with zero attached hydrogens (tertiary/aromatic N) is 3. The summed E-state index contributed by atoms with van der Waals surface area (Å²) in [6.07, 6.45) is 2.30. The second-order valence-corrected chi connectivity index (χ2v) is 5.19. The number of rotatable bonds is 4. The van der Waals surface area contributed by atoms with Gasteiger partial charge in [-0.25, -0.2) is 0 Å². The third kappa shape index (κ3) is 4.05. The van der Waals surface area contributed by atoms with E-state index in [0.29, 0.717) is 24.2 Å². The molecule has 108 valence electrons. The molecule has 1 saturated heterocycles. The van der Waals surface area contributed by atoms with Crippen LogP contribution >= 0.6 is 0 Å². The number of piperidine rings is 1. The molecule has 1 unspecified atom stereocenters. The average molecular weight is 282 g/mol. The highest BCUT2D eigenvalue weighted by atomic mass is 16.1. The summed E-state index contributed by atoms with van der Waals surface area (Å²) >= 11 is 0. The lowest BCUT2D eigenvalue weighted by molar-refractivity contribution is -0.121. The molecule has 1 aromatic carbocycles. The van der Waals surface area contributed by atoms with Gasteiger partial charge in [0.1, 0.15) is 6.07 Å². The summed E-state index contributed by atoms with van der Waals surface area (Å²) in [6, 6.07) is 11.2. The van der Waals surface area contributed by atoms with Crippen molar-refractivity contribution in [3.63, 3.8) is 0 Å². The second kappa shape index (κ2) is 7.42. The fourth-order valence-corrected chi connectivity index (χ4v) is 2.61. The monoisotopic (exact) mass is 282 g/mol. The van der Waals surface area contributed by atoms with Gasteiger partial charge in [-0.2, -0.15) is 10.5 Å². The van der Waals surface area contributed by atoms with Gasteiger partial charge in [-0.1, -0.05) is 12.1 Å². The zero-order valence-electron chi connectivity index (χ0n) is 11.9. The highest BCUT2D eigenvalue weighted by Gasteiger charge is 2.25. The number of amides is 1. The molecule has 0 bridgehead atoms. The van der Waals surface area contributed by atoms with Crippen LogP contribution in [0.2, 0.25) is 0 Å². The van der Waals surface area contributed by atoms with Crippen molar-refractivity contribution < 1.29 is 4.79 Å². The van der Waals surface area contributed by atoms with Crippen LogP contribution in [0.15, 0.2) is 24.3 Å². The molecule has 1 aromatic rings. The summed E-state index contributed by atoms with van der Waals surface area (Å²) in [4.78, 5) is 14.5. The predicted octanol–water partition coefficient (Wildman–Crippen LogP) is 2.12. The Morgan fingerprint density at radius 1 is 1.38 bits per heavy atom. The number of carbonyl (C=O) groups excluding carboxylic acids is 1. The molecule has 1 fully saturated rings. The highest BCUT2D eigenvalue weighted by Crippen LogP contribution is 2.20. The van der Waals surface area contributed by atoms with E-state index in [1.54, 1.807) is 24.3 Å². The molecule has 5 heteroatoms. The Morgan fingerprint density at radius 3 is 2.95 bits per heavy atom. The number of anilines is 1. The summed E-state index contributed by atoms with van der Waals surface area (Å²) < 4.78 is 0. The number of nitriles is 2. The molecule has 0 spiro atoms. The van der Waals surface area contributed by atoms with Crippen molar-refractivity contribution in [3.8, 4) is 12.1 Å². The molecule has 1 N–H and O–H groups in total. The maximum atomic E-state index is 12.3. The van der Waals surface area contributed by atoms with Crippen molar-refractivity contribution in [1.29, 1.82) is 10.5 Å². The van der Waals surface area contributed by atoms with Crippen LogP contribution in [0.5, 0.6) is 0 Å². The van der Waals surface area contributed by atoms with Crippen LogP contribution in [0.4, 0.5) is 5.69 Å². The van der Waals surface area contributed by atoms with Gasteiger partial charge in [0.15, 0.2) is 0 Å². The molecule has 1 amide bonds. The predicted molar refractivity (Wildman–Crippen MR) is 79.2 cm³/mol. The van der Waals surface area contributed by atoms with E-state index >= 15 is 0 Å². The average Bonchev–Trinajstić information content (AvgIpc) is 2.53. The Hall–Kier alpha value is -2.37. The first-order chi connectivity index (χ1) is 10.2. The van der Waals surface area contributed by atoms with Gasteiger partial charge in [0.2, 0.25) is 5.91 Å². The summed E-state index contributed by atoms with van der Waals surface area (Å²) in [5.41, 5.74) is 1.04. The molecular formula is C16H18N4O. The van der Waals surface area contributed by atoms with E-state index in [-0.39, 0.29) is 11.8 Å². The molecule has 1 aliphatic heterocycles. The lowest BCUT2D eigenvalue weighted by Gasteiger charge is -2.31. The normalized spacial score (nSPS) is 18.5. The van der Waals surface area contributed by atoms with Crippen molar-refractivity contribution in [3.05, 3.63) is 29.8 Å². The first kappa shape index (κ1) is 15.0. The molecule has 2 rings (SSSR count). The van der Waals surface area contributed by atoms with E-state index in [9.17, 15) is 4.79 Å². The summed E-state index contributed by atoms with van der Waals surface area (Å²) in [5.74, 6) is -0.122. The Balaban J connectivity index is 1.97. The van der Waals surface area contributed by atoms with Crippen LogP contribution < -0.4 is 5.32 Å². The van der Waals surface area contributed by atoms with E-state index in [0.717, 1.165) is 25.9 Å². The third-order valence-corrected chi connectivity index (χ3v) is 3.72. The first-order valence-corrected chi connectivity index (χ1v) is 7.14. The van der Waals surface area contributed by atoms with E-state index in [1.165, 1.54) is 0 Å². The largest absolute Gasteiger partial charge is 0.325 e. The standard InChI is InChI=1S/C16H18N4O/c17-8-4-10-20-9-3-6-14(12-20)16(21)19-15-7-2-1-5-13(15)11-18/h1-2,5,7,14H,3-4,6,9-10,12H2,(H,19,21).